The molecule has 0 bridgehead atoms. The highest BCUT2D eigenvalue weighted by Crippen LogP contribution is 2.20. The van der Waals surface area contributed by atoms with E-state index >= 15 is 0 Å². The first-order valence-corrected chi connectivity index (χ1v) is 5.93. The second-order valence-corrected chi connectivity index (χ2v) is 5.78. The molecule has 0 spiro atoms. The number of hydrogen-bond donors (Lipinski definition) is 3. The van der Waals surface area contributed by atoms with Crippen LogP contribution in [-0.4, -0.2) is 22.5 Å². The molecule has 4 N–H and O–H groups in total. The van der Waals surface area contributed by atoms with Gasteiger partial charge >= 0.3 is 0 Å². The van der Waals surface area contributed by atoms with Crippen LogP contribution in [0.3, 0.4) is 0 Å². The summed E-state index contributed by atoms with van der Waals surface area (Å²) < 4.78 is 0. The van der Waals surface area contributed by atoms with Gasteiger partial charge in [0.2, 0.25) is 5.91 Å². The van der Waals surface area contributed by atoms with E-state index in [1.165, 1.54) is 0 Å². The molecule has 5 heteroatoms. The Morgan fingerprint density at radius 1 is 1.35 bits per heavy atom. The van der Waals surface area contributed by atoms with Crippen LogP contribution in [0, 0.1) is 5.41 Å². The molecule has 0 aromatic heterocycles. The summed E-state index contributed by atoms with van der Waals surface area (Å²) in [7, 11) is 0. The first kappa shape index (κ1) is 15.7. The molecule has 0 saturated carbocycles. The van der Waals surface area contributed by atoms with Gasteiger partial charge in [0, 0.05) is 6.42 Å². The number of nitrogens with two attached hydrogens (primary N) is 1. The van der Waals surface area contributed by atoms with E-state index in [2.05, 4.69) is 31.2 Å². The molecule has 17 heavy (non-hydrogen) atoms. The molecule has 0 radical (unpaired) electrons. The Morgan fingerprint density at radius 3 is 2.24 bits per heavy atom. The van der Waals surface area contributed by atoms with Gasteiger partial charge in [-0.3, -0.25) is 4.79 Å². The predicted molar refractivity (Wildman–Crippen MR) is 68.9 cm³/mol. The normalized spacial score (nSPS) is 16.4. The zero-order valence-electron chi connectivity index (χ0n) is 11.5. The number of nitrogens with one attached hydrogen (secondary N) is 1. The fraction of sp³-hybridized carbons (Fsp3) is 0.833. The van der Waals surface area contributed by atoms with Crippen molar-refractivity contribution < 1.29 is 10.0 Å². The van der Waals surface area contributed by atoms with Gasteiger partial charge in [0.15, 0.2) is 5.84 Å². The minimum atomic E-state index is -0.774. The van der Waals surface area contributed by atoms with Crippen LogP contribution in [0.15, 0.2) is 5.16 Å². The van der Waals surface area contributed by atoms with Gasteiger partial charge in [-0.1, -0.05) is 32.9 Å². The van der Waals surface area contributed by atoms with Crippen LogP contribution in [-0.2, 0) is 4.79 Å². The SMILES string of the molecule is CCC(C)(NC(=O)CCC(C)(C)C)C(N)=NO. The molecule has 0 heterocycles. The molecule has 0 aliphatic carbocycles. The van der Waals surface area contributed by atoms with Crippen molar-refractivity contribution in [2.45, 2.75) is 59.4 Å². The molecular weight excluding hydrogens is 218 g/mol. The van der Waals surface area contributed by atoms with Gasteiger partial charge in [-0.25, -0.2) is 0 Å². The fourth-order valence-corrected chi connectivity index (χ4v) is 1.30. The quantitative estimate of drug-likeness (QED) is 0.298. The van der Waals surface area contributed by atoms with Crippen LogP contribution >= 0.6 is 0 Å². The highest BCUT2D eigenvalue weighted by atomic mass is 16.4. The highest BCUT2D eigenvalue weighted by molar-refractivity contribution is 5.93. The van der Waals surface area contributed by atoms with E-state index in [1.807, 2.05) is 6.92 Å². The Labute approximate surface area is 103 Å². The molecule has 0 aliphatic rings. The molecule has 0 aliphatic heterocycles. The summed E-state index contributed by atoms with van der Waals surface area (Å²) in [5.41, 5.74) is 4.93. The Balaban J connectivity index is 4.45. The first-order valence-electron chi connectivity index (χ1n) is 5.93. The van der Waals surface area contributed by atoms with Crippen molar-refractivity contribution in [1.29, 1.82) is 0 Å². The lowest BCUT2D eigenvalue weighted by molar-refractivity contribution is -0.122. The van der Waals surface area contributed by atoms with Gasteiger partial charge in [0.25, 0.3) is 0 Å². The zero-order valence-corrected chi connectivity index (χ0v) is 11.5. The van der Waals surface area contributed by atoms with Crippen molar-refractivity contribution in [3.63, 3.8) is 0 Å². The average molecular weight is 243 g/mol. The maximum Gasteiger partial charge on any atom is 0.220 e. The lowest BCUT2D eigenvalue weighted by atomic mass is 9.90. The van der Waals surface area contributed by atoms with Gasteiger partial charge in [0.1, 0.15) is 0 Å². The number of carbonyl (C=O) groups is 1. The summed E-state index contributed by atoms with van der Waals surface area (Å²) in [5.74, 6) is -0.0417. The van der Waals surface area contributed by atoms with Crippen LogP contribution in [0.4, 0.5) is 0 Å². The Kier molecular flexibility index (Phi) is 5.45. The van der Waals surface area contributed by atoms with Crippen molar-refractivity contribution in [2.75, 3.05) is 0 Å². The summed E-state index contributed by atoms with van der Waals surface area (Å²) in [4.78, 5) is 11.8. The third-order valence-corrected chi connectivity index (χ3v) is 2.90. The first-order chi connectivity index (χ1) is 7.64. The summed E-state index contributed by atoms with van der Waals surface area (Å²) >= 11 is 0. The minimum Gasteiger partial charge on any atom is -0.409 e. The molecule has 0 aromatic carbocycles. The third kappa shape index (κ3) is 5.56. The van der Waals surface area contributed by atoms with Gasteiger partial charge < -0.3 is 16.3 Å². The number of amidine groups is 1. The van der Waals surface area contributed by atoms with E-state index in [0.717, 1.165) is 6.42 Å². The van der Waals surface area contributed by atoms with Crippen molar-refractivity contribution in [3.8, 4) is 0 Å². The van der Waals surface area contributed by atoms with Crippen molar-refractivity contribution in [1.82, 2.24) is 5.32 Å². The molecule has 1 amide bonds. The molecule has 0 aromatic rings. The van der Waals surface area contributed by atoms with Crippen LogP contribution in [0.5, 0.6) is 0 Å². The van der Waals surface area contributed by atoms with Crippen molar-refractivity contribution >= 4 is 11.7 Å². The Hall–Kier alpha value is -1.26. The van der Waals surface area contributed by atoms with E-state index < -0.39 is 5.54 Å². The number of rotatable bonds is 5. The third-order valence-electron chi connectivity index (χ3n) is 2.90. The molecule has 0 rings (SSSR count). The standard InChI is InChI=1S/C12H25N3O2/c1-6-12(5,10(13)15-17)14-9(16)7-8-11(2,3)4/h17H,6-8H2,1-5H3,(H2,13,15)(H,14,16). The zero-order chi connectivity index (χ0) is 13.7. The smallest absolute Gasteiger partial charge is 0.220 e. The lowest BCUT2D eigenvalue weighted by Crippen LogP contribution is -2.55. The second-order valence-electron chi connectivity index (χ2n) is 5.78. The van der Waals surface area contributed by atoms with Gasteiger partial charge in [-0.2, -0.15) is 0 Å². The highest BCUT2D eigenvalue weighted by Gasteiger charge is 2.29. The van der Waals surface area contributed by atoms with Crippen molar-refractivity contribution in [2.24, 2.45) is 16.3 Å². The number of hydrogen-bond acceptors (Lipinski definition) is 3. The second kappa shape index (κ2) is 5.89. The summed E-state index contributed by atoms with van der Waals surface area (Å²) in [5, 5.41) is 14.5. The van der Waals surface area contributed by atoms with Crippen LogP contribution < -0.4 is 11.1 Å². The number of carbonyl (C=O) groups excluding carboxylic acids is 1. The van der Waals surface area contributed by atoms with E-state index in [0.29, 0.717) is 12.8 Å². The van der Waals surface area contributed by atoms with Crippen LogP contribution in [0.1, 0.15) is 53.9 Å². The number of nitrogens with zero attached hydrogens (tertiary/aromatic N) is 1. The summed E-state index contributed by atoms with van der Waals surface area (Å²) in [6.07, 6.45) is 1.82. The molecule has 1 unspecified atom stereocenters. The average Bonchev–Trinajstić information content (AvgIpc) is 2.24. The summed E-state index contributed by atoms with van der Waals surface area (Å²) in [6.45, 7) is 9.88. The molecular formula is C12H25N3O2. The molecule has 1 atom stereocenters. The van der Waals surface area contributed by atoms with Gasteiger partial charge in [-0.05, 0) is 25.2 Å². The molecule has 100 valence electrons. The van der Waals surface area contributed by atoms with E-state index in [-0.39, 0.29) is 17.2 Å². The van der Waals surface area contributed by atoms with Gasteiger partial charge in [0.05, 0.1) is 5.54 Å². The lowest BCUT2D eigenvalue weighted by Gasteiger charge is -2.28. The maximum atomic E-state index is 11.8. The van der Waals surface area contributed by atoms with E-state index in [4.69, 9.17) is 10.9 Å². The minimum absolute atomic E-state index is 0.0316. The Morgan fingerprint density at radius 2 is 1.88 bits per heavy atom. The van der Waals surface area contributed by atoms with E-state index in [1.54, 1.807) is 6.92 Å². The predicted octanol–water partition coefficient (Wildman–Crippen LogP) is 1.84. The monoisotopic (exact) mass is 243 g/mol. The number of oxime groups is 1. The summed E-state index contributed by atoms with van der Waals surface area (Å²) in [6, 6.07) is 0. The van der Waals surface area contributed by atoms with Crippen LogP contribution in [0.2, 0.25) is 0 Å². The maximum absolute atomic E-state index is 11.8. The largest absolute Gasteiger partial charge is 0.409 e. The van der Waals surface area contributed by atoms with Crippen molar-refractivity contribution in [3.05, 3.63) is 0 Å². The number of amides is 1. The van der Waals surface area contributed by atoms with Crippen LogP contribution in [0.25, 0.3) is 0 Å². The molecule has 0 saturated heterocycles. The molecule has 0 fully saturated rings. The fourth-order valence-electron chi connectivity index (χ4n) is 1.30. The molecule has 5 nitrogen and oxygen atoms in total. The topological polar surface area (TPSA) is 87.7 Å². The van der Waals surface area contributed by atoms with E-state index in [9.17, 15) is 4.79 Å². The van der Waals surface area contributed by atoms with Gasteiger partial charge in [-0.15, -0.1) is 0 Å². The Bertz CT molecular complexity index is 295.